The predicted molar refractivity (Wildman–Crippen MR) is 69.5 cm³/mol. The summed E-state index contributed by atoms with van der Waals surface area (Å²) in [5.74, 6) is -2.59. The molecule has 2 amide bonds. The Bertz CT molecular complexity index is 518. The maximum atomic E-state index is 13.3. The second-order valence-electron chi connectivity index (χ2n) is 4.98. The standard InChI is InChI=1S/C13H16F2N2O3/c1-13(2,6-5-11(18)19)17-12(20)16-10-4-3-8(14)7-9(10)15/h3-4,7H,5-6H2,1-2H3,(H,18,19)(H2,16,17,20). The van der Waals surface area contributed by atoms with Crippen LogP contribution in [0.2, 0.25) is 0 Å². The molecule has 7 heteroatoms. The van der Waals surface area contributed by atoms with Crippen molar-refractivity contribution >= 4 is 17.7 Å². The molecule has 0 saturated heterocycles. The molecular formula is C13H16F2N2O3. The first kappa shape index (κ1) is 15.9. The van der Waals surface area contributed by atoms with Crippen molar-refractivity contribution < 1.29 is 23.5 Å². The van der Waals surface area contributed by atoms with E-state index in [4.69, 9.17) is 5.11 Å². The van der Waals surface area contributed by atoms with Gasteiger partial charge in [-0.05, 0) is 32.4 Å². The van der Waals surface area contributed by atoms with E-state index in [0.29, 0.717) is 6.07 Å². The molecule has 0 heterocycles. The van der Waals surface area contributed by atoms with Crippen LogP contribution in [0.3, 0.4) is 0 Å². The lowest BCUT2D eigenvalue weighted by Crippen LogP contribution is -2.45. The summed E-state index contributed by atoms with van der Waals surface area (Å²) < 4.78 is 26.0. The first-order valence-electron chi connectivity index (χ1n) is 5.95. The molecule has 0 saturated carbocycles. The number of anilines is 1. The molecule has 5 nitrogen and oxygen atoms in total. The molecule has 0 aliphatic heterocycles. The van der Waals surface area contributed by atoms with Gasteiger partial charge in [-0.1, -0.05) is 0 Å². The van der Waals surface area contributed by atoms with Crippen LogP contribution in [-0.2, 0) is 4.79 Å². The van der Waals surface area contributed by atoms with E-state index in [-0.39, 0.29) is 18.5 Å². The number of benzene rings is 1. The van der Waals surface area contributed by atoms with E-state index in [2.05, 4.69) is 10.6 Å². The summed E-state index contributed by atoms with van der Waals surface area (Å²) in [5.41, 5.74) is -0.920. The molecule has 1 aromatic rings. The van der Waals surface area contributed by atoms with Crippen LogP contribution in [0.25, 0.3) is 0 Å². The zero-order valence-corrected chi connectivity index (χ0v) is 11.2. The Kier molecular flexibility index (Phi) is 5.01. The summed E-state index contributed by atoms with van der Waals surface area (Å²) in [4.78, 5) is 22.2. The predicted octanol–water partition coefficient (Wildman–Crippen LogP) is 2.73. The Morgan fingerprint density at radius 1 is 1.30 bits per heavy atom. The van der Waals surface area contributed by atoms with Gasteiger partial charge < -0.3 is 15.7 Å². The van der Waals surface area contributed by atoms with Gasteiger partial charge in [0.05, 0.1) is 5.69 Å². The first-order valence-corrected chi connectivity index (χ1v) is 5.95. The van der Waals surface area contributed by atoms with E-state index in [9.17, 15) is 18.4 Å². The number of rotatable bonds is 5. The third kappa shape index (κ3) is 5.21. The molecule has 0 aliphatic carbocycles. The van der Waals surface area contributed by atoms with Gasteiger partial charge in [0, 0.05) is 18.0 Å². The molecule has 1 aromatic carbocycles. The molecule has 1 rings (SSSR count). The lowest BCUT2D eigenvalue weighted by Gasteiger charge is -2.25. The zero-order valence-electron chi connectivity index (χ0n) is 11.2. The fourth-order valence-corrected chi connectivity index (χ4v) is 1.53. The van der Waals surface area contributed by atoms with Crippen LogP contribution in [0.1, 0.15) is 26.7 Å². The minimum atomic E-state index is -0.968. The first-order chi connectivity index (χ1) is 9.19. The number of hydrogen-bond acceptors (Lipinski definition) is 2. The molecule has 0 aromatic heterocycles. The minimum absolute atomic E-state index is 0.0990. The van der Waals surface area contributed by atoms with Gasteiger partial charge in [-0.25, -0.2) is 13.6 Å². The van der Waals surface area contributed by atoms with Crippen molar-refractivity contribution in [1.82, 2.24) is 5.32 Å². The zero-order chi connectivity index (χ0) is 15.3. The highest BCUT2D eigenvalue weighted by atomic mass is 19.1. The number of nitrogens with one attached hydrogen (secondary N) is 2. The maximum Gasteiger partial charge on any atom is 0.319 e. The van der Waals surface area contributed by atoms with Gasteiger partial charge in [-0.2, -0.15) is 0 Å². The number of carboxylic acid groups (broad SMARTS) is 1. The number of hydrogen-bond donors (Lipinski definition) is 3. The van der Waals surface area contributed by atoms with Gasteiger partial charge in [0.1, 0.15) is 11.6 Å². The van der Waals surface area contributed by atoms with Gasteiger partial charge in [0.25, 0.3) is 0 Å². The summed E-state index contributed by atoms with van der Waals surface area (Å²) in [5, 5.41) is 13.4. The van der Waals surface area contributed by atoms with Crippen LogP contribution >= 0.6 is 0 Å². The van der Waals surface area contributed by atoms with E-state index >= 15 is 0 Å². The number of amides is 2. The van der Waals surface area contributed by atoms with Crippen LogP contribution in [0.4, 0.5) is 19.3 Å². The third-order valence-electron chi connectivity index (χ3n) is 2.60. The van der Waals surface area contributed by atoms with E-state index in [1.165, 1.54) is 0 Å². The van der Waals surface area contributed by atoms with Crippen molar-refractivity contribution in [3.05, 3.63) is 29.8 Å². The summed E-state index contributed by atoms with van der Waals surface area (Å²) in [6.07, 6.45) is 0.125. The Hall–Kier alpha value is -2.18. The fraction of sp³-hybridized carbons (Fsp3) is 0.385. The van der Waals surface area contributed by atoms with Gasteiger partial charge in [0.15, 0.2) is 0 Å². The highest BCUT2D eigenvalue weighted by Gasteiger charge is 2.22. The summed E-state index contributed by atoms with van der Waals surface area (Å²) >= 11 is 0. The second kappa shape index (κ2) is 6.31. The van der Waals surface area contributed by atoms with Crippen molar-refractivity contribution in [1.29, 1.82) is 0 Å². The van der Waals surface area contributed by atoms with E-state index in [0.717, 1.165) is 12.1 Å². The van der Waals surface area contributed by atoms with Crippen molar-refractivity contribution in [3.63, 3.8) is 0 Å². The van der Waals surface area contributed by atoms with Crippen LogP contribution in [-0.4, -0.2) is 22.6 Å². The number of carbonyl (C=O) groups is 2. The molecule has 0 aliphatic rings. The Labute approximate surface area is 115 Å². The third-order valence-corrected chi connectivity index (χ3v) is 2.60. The number of urea groups is 1. The summed E-state index contributed by atoms with van der Waals surface area (Å²) in [6.45, 7) is 3.30. The van der Waals surface area contributed by atoms with Gasteiger partial charge >= 0.3 is 12.0 Å². The molecule has 110 valence electrons. The number of aliphatic carboxylic acids is 1. The highest BCUT2D eigenvalue weighted by molar-refractivity contribution is 5.89. The molecular weight excluding hydrogens is 270 g/mol. The summed E-state index contributed by atoms with van der Waals surface area (Å²) in [7, 11) is 0. The highest BCUT2D eigenvalue weighted by Crippen LogP contribution is 2.16. The monoisotopic (exact) mass is 286 g/mol. The van der Waals surface area contributed by atoms with Crippen LogP contribution in [0.5, 0.6) is 0 Å². The maximum absolute atomic E-state index is 13.3. The van der Waals surface area contributed by atoms with Crippen molar-refractivity contribution in [2.75, 3.05) is 5.32 Å². The number of halogens is 2. The SMILES string of the molecule is CC(C)(CCC(=O)O)NC(=O)Nc1ccc(F)cc1F. The Morgan fingerprint density at radius 2 is 1.95 bits per heavy atom. The topological polar surface area (TPSA) is 78.4 Å². The number of carbonyl (C=O) groups excluding carboxylic acids is 1. The van der Waals surface area contributed by atoms with Crippen LogP contribution < -0.4 is 10.6 Å². The largest absolute Gasteiger partial charge is 0.481 e. The second-order valence-corrected chi connectivity index (χ2v) is 4.98. The number of carboxylic acids is 1. The molecule has 0 bridgehead atoms. The molecule has 20 heavy (non-hydrogen) atoms. The quantitative estimate of drug-likeness (QED) is 0.778. The molecule has 0 fully saturated rings. The average molecular weight is 286 g/mol. The van der Waals surface area contributed by atoms with E-state index in [1.807, 2.05) is 0 Å². The van der Waals surface area contributed by atoms with Crippen molar-refractivity contribution in [2.45, 2.75) is 32.2 Å². The normalized spacial score (nSPS) is 11.0. The minimum Gasteiger partial charge on any atom is -0.481 e. The molecule has 0 atom stereocenters. The molecule has 0 unspecified atom stereocenters. The van der Waals surface area contributed by atoms with Gasteiger partial charge in [0.2, 0.25) is 0 Å². The Morgan fingerprint density at radius 3 is 2.50 bits per heavy atom. The molecule has 0 spiro atoms. The van der Waals surface area contributed by atoms with Crippen LogP contribution in [0, 0.1) is 11.6 Å². The van der Waals surface area contributed by atoms with Crippen LogP contribution in [0.15, 0.2) is 18.2 Å². The molecule has 0 radical (unpaired) electrons. The molecule has 3 N–H and O–H groups in total. The van der Waals surface area contributed by atoms with Gasteiger partial charge in [-0.3, -0.25) is 4.79 Å². The lowest BCUT2D eigenvalue weighted by atomic mass is 9.99. The smallest absolute Gasteiger partial charge is 0.319 e. The van der Waals surface area contributed by atoms with E-state index < -0.39 is 29.2 Å². The lowest BCUT2D eigenvalue weighted by molar-refractivity contribution is -0.137. The van der Waals surface area contributed by atoms with E-state index in [1.54, 1.807) is 13.8 Å². The van der Waals surface area contributed by atoms with Gasteiger partial charge in [-0.15, -0.1) is 0 Å². The van der Waals surface area contributed by atoms with Crippen molar-refractivity contribution in [2.24, 2.45) is 0 Å². The Balaban J connectivity index is 2.60. The van der Waals surface area contributed by atoms with Crippen molar-refractivity contribution in [3.8, 4) is 0 Å². The summed E-state index contributed by atoms with van der Waals surface area (Å²) in [6, 6.07) is 2.10. The fourth-order valence-electron chi connectivity index (χ4n) is 1.53. The average Bonchev–Trinajstić information content (AvgIpc) is 2.30.